The Bertz CT molecular complexity index is 568. The second-order valence-electron chi connectivity index (χ2n) is 7.72. The molecule has 0 aliphatic carbocycles. The van der Waals surface area contributed by atoms with Crippen molar-refractivity contribution in [2.75, 3.05) is 39.4 Å². The van der Waals surface area contributed by atoms with Crippen LogP contribution >= 0.6 is 11.3 Å². The van der Waals surface area contributed by atoms with Crippen LogP contribution in [0, 0.1) is 0 Å². The fourth-order valence-corrected chi connectivity index (χ4v) is 5.24. The summed E-state index contributed by atoms with van der Waals surface area (Å²) in [6.45, 7) is 6.06. The Hall–Kier alpha value is -0.570. The van der Waals surface area contributed by atoms with Crippen LogP contribution in [0.25, 0.3) is 0 Å². The zero-order valence-electron chi connectivity index (χ0n) is 14.8. The van der Waals surface area contributed by atoms with E-state index in [1.807, 2.05) is 5.38 Å². The number of ether oxygens (including phenoxy) is 1. The van der Waals surface area contributed by atoms with Gasteiger partial charge in [0.1, 0.15) is 10.6 Å². The Morgan fingerprint density at radius 2 is 1.96 bits per heavy atom. The van der Waals surface area contributed by atoms with Gasteiger partial charge in [-0.2, -0.15) is 0 Å². The highest BCUT2D eigenvalue weighted by molar-refractivity contribution is 7.09. The molecule has 3 aliphatic rings. The monoisotopic (exact) mass is 367 g/mol. The summed E-state index contributed by atoms with van der Waals surface area (Å²) < 4.78 is 5.46. The Labute approximate surface area is 153 Å². The third-order valence-electron chi connectivity index (χ3n) is 5.97. The van der Waals surface area contributed by atoms with E-state index in [1.165, 1.54) is 0 Å². The van der Waals surface area contributed by atoms with Gasteiger partial charge in [-0.25, -0.2) is 4.98 Å². The van der Waals surface area contributed by atoms with Gasteiger partial charge in [0.2, 0.25) is 0 Å². The Kier molecular flexibility index (Phi) is 5.41. The summed E-state index contributed by atoms with van der Waals surface area (Å²) in [5, 5.41) is 23.8. The Morgan fingerprint density at radius 1 is 1.20 bits per heavy atom. The normalized spacial score (nSPS) is 29.3. The van der Waals surface area contributed by atoms with E-state index < -0.39 is 5.60 Å². The minimum atomic E-state index is -0.777. The maximum atomic E-state index is 11.1. The number of hydrogen-bond acceptors (Lipinski definition) is 7. The molecule has 0 spiro atoms. The third kappa shape index (κ3) is 4.07. The van der Waals surface area contributed by atoms with Crippen molar-refractivity contribution in [3.8, 4) is 0 Å². The fraction of sp³-hybridized carbons (Fsp3) is 0.833. The molecule has 1 unspecified atom stereocenters. The van der Waals surface area contributed by atoms with Crippen molar-refractivity contribution in [3.05, 3.63) is 16.1 Å². The third-order valence-corrected chi connectivity index (χ3v) is 6.80. The molecular weight excluding hydrogens is 338 g/mol. The molecule has 1 atom stereocenters. The molecule has 1 aromatic heterocycles. The molecule has 0 amide bonds. The van der Waals surface area contributed by atoms with Gasteiger partial charge in [0.15, 0.2) is 0 Å². The van der Waals surface area contributed by atoms with E-state index in [4.69, 9.17) is 9.72 Å². The van der Waals surface area contributed by atoms with Crippen LogP contribution in [-0.2, 0) is 16.9 Å². The molecule has 140 valence electrons. The molecule has 6 nitrogen and oxygen atoms in total. The number of β-amino-alcohol motifs (C(OH)–C–C–N with tert-alkyl or cyclic N) is 1. The SMILES string of the molecule is OC1CCN(Cc2nc(C3(O)CCN(C4CCOCC4)CC3)cs2)C1. The first-order chi connectivity index (χ1) is 12.1. The number of aliphatic hydroxyl groups is 2. The molecule has 0 aromatic carbocycles. The summed E-state index contributed by atoms with van der Waals surface area (Å²) in [5.74, 6) is 0. The number of likely N-dealkylation sites (tertiary alicyclic amines) is 2. The maximum absolute atomic E-state index is 11.1. The van der Waals surface area contributed by atoms with Gasteiger partial charge in [-0.3, -0.25) is 9.80 Å². The summed E-state index contributed by atoms with van der Waals surface area (Å²) in [7, 11) is 0. The van der Waals surface area contributed by atoms with Crippen molar-refractivity contribution in [1.29, 1.82) is 0 Å². The molecule has 4 heterocycles. The number of nitrogens with zero attached hydrogens (tertiary/aromatic N) is 3. The minimum absolute atomic E-state index is 0.196. The van der Waals surface area contributed by atoms with Crippen LogP contribution in [0.2, 0.25) is 0 Å². The van der Waals surface area contributed by atoms with Gasteiger partial charge in [-0.05, 0) is 32.1 Å². The van der Waals surface area contributed by atoms with Gasteiger partial charge < -0.3 is 14.9 Å². The second kappa shape index (κ2) is 7.58. The van der Waals surface area contributed by atoms with E-state index in [9.17, 15) is 10.2 Å². The van der Waals surface area contributed by atoms with Crippen LogP contribution in [0.3, 0.4) is 0 Å². The largest absolute Gasteiger partial charge is 0.392 e. The van der Waals surface area contributed by atoms with Gasteiger partial charge in [-0.15, -0.1) is 11.3 Å². The molecule has 0 radical (unpaired) electrons. The summed E-state index contributed by atoms with van der Waals surface area (Å²) >= 11 is 1.63. The van der Waals surface area contributed by atoms with Crippen molar-refractivity contribution in [1.82, 2.24) is 14.8 Å². The topological polar surface area (TPSA) is 69.1 Å². The number of aliphatic hydroxyl groups excluding tert-OH is 1. The number of hydrogen-bond donors (Lipinski definition) is 2. The molecule has 0 bridgehead atoms. The molecule has 1 aromatic rings. The highest BCUT2D eigenvalue weighted by atomic mass is 32.1. The summed E-state index contributed by atoms with van der Waals surface area (Å²) in [5.41, 5.74) is 0.0693. The van der Waals surface area contributed by atoms with Crippen molar-refractivity contribution in [2.45, 2.75) is 56.4 Å². The van der Waals surface area contributed by atoms with Crippen LogP contribution in [0.5, 0.6) is 0 Å². The van der Waals surface area contributed by atoms with E-state index in [1.54, 1.807) is 11.3 Å². The predicted octanol–water partition coefficient (Wildman–Crippen LogP) is 1.17. The van der Waals surface area contributed by atoms with Crippen molar-refractivity contribution in [2.24, 2.45) is 0 Å². The summed E-state index contributed by atoms with van der Waals surface area (Å²) in [4.78, 5) is 9.50. The quantitative estimate of drug-likeness (QED) is 0.833. The molecular formula is C18H29N3O3S. The van der Waals surface area contributed by atoms with Crippen molar-refractivity contribution in [3.63, 3.8) is 0 Å². The number of piperidine rings is 1. The predicted molar refractivity (Wildman–Crippen MR) is 96.6 cm³/mol. The lowest BCUT2D eigenvalue weighted by Crippen LogP contribution is -2.48. The number of aromatic nitrogens is 1. The average molecular weight is 368 g/mol. The van der Waals surface area contributed by atoms with Gasteiger partial charge in [0.05, 0.1) is 18.3 Å². The Balaban J connectivity index is 1.34. The van der Waals surface area contributed by atoms with Crippen LogP contribution in [0.1, 0.15) is 42.8 Å². The average Bonchev–Trinajstić information content (AvgIpc) is 3.26. The number of thiazole rings is 1. The molecule has 25 heavy (non-hydrogen) atoms. The molecule has 3 aliphatic heterocycles. The summed E-state index contributed by atoms with van der Waals surface area (Å²) in [6, 6.07) is 0.617. The molecule has 4 rings (SSSR count). The molecule has 0 saturated carbocycles. The number of rotatable bonds is 4. The van der Waals surface area contributed by atoms with Crippen LogP contribution in [0.4, 0.5) is 0 Å². The van der Waals surface area contributed by atoms with Crippen LogP contribution in [0.15, 0.2) is 5.38 Å². The molecule has 3 fully saturated rings. The lowest BCUT2D eigenvalue weighted by Gasteiger charge is -2.42. The smallest absolute Gasteiger partial charge is 0.110 e. The van der Waals surface area contributed by atoms with E-state index in [2.05, 4.69) is 9.80 Å². The molecule has 7 heteroatoms. The lowest BCUT2D eigenvalue weighted by molar-refractivity contribution is -0.0525. The molecule has 3 saturated heterocycles. The van der Waals surface area contributed by atoms with E-state index in [0.717, 1.165) is 88.7 Å². The van der Waals surface area contributed by atoms with Gasteiger partial charge in [-0.1, -0.05) is 0 Å². The van der Waals surface area contributed by atoms with E-state index in [0.29, 0.717) is 6.04 Å². The minimum Gasteiger partial charge on any atom is -0.392 e. The van der Waals surface area contributed by atoms with E-state index >= 15 is 0 Å². The van der Waals surface area contributed by atoms with Crippen molar-refractivity contribution >= 4 is 11.3 Å². The van der Waals surface area contributed by atoms with Crippen molar-refractivity contribution < 1.29 is 14.9 Å². The zero-order chi connectivity index (χ0) is 17.3. The lowest BCUT2D eigenvalue weighted by atomic mass is 9.87. The zero-order valence-corrected chi connectivity index (χ0v) is 15.6. The van der Waals surface area contributed by atoms with Crippen LogP contribution < -0.4 is 0 Å². The molecule has 2 N–H and O–H groups in total. The van der Waals surface area contributed by atoms with E-state index in [-0.39, 0.29) is 6.10 Å². The van der Waals surface area contributed by atoms with Gasteiger partial charge in [0.25, 0.3) is 0 Å². The highest BCUT2D eigenvalue weighted by Crippen LogP contribution is 2.35. The summed E-state index contributed by atoms with van der Waals surface area (Å²) in [6.07, 6.45) is 4.40. The first-order valence-corrected chi connectivity index (χ1v) is 10.4. The Morgan fingerprint density at radius 3 is 2.64 bits per heavy atom. The van der Waals surface area contributed by atoms with Gasteiger partial charge in [0, 0.05) is 50.8 Å². The standard InChI is InChI=1S/C18H29N3O3S/c22-15-1-6-20(11-15)12-17-19-16(13-25-17)18(23)4-7-21(8-5-18)14-2-9-24-10-3-14/h13-15,22-23H,1-12H2. The highest BCUT2D eigenvalue weighted by Gasteiger charge is 2.38. The van der Waals surface area contributed by atoms with Gasteiger partial charge >= 0.3 is 0 Å². The first kappa shape index (κ1) is 17.8. The second-order valence-corrected chi connectivity index (χ2v) is 8.66. The van der Waals surface area contributed by atoms with Crippen LogP contribution in [-0.4, -0.2) is 76.5 Å². The maximum Gasteiger partial charge on any atom is 0.110 e. The first-order valence-electron chi connectivity index (χ1n) is 9.52. The fourth-order valence-electron chi connectivity index (χ4n) is 4.31.